The van der Waals surface area contributed by atoms with Gasteiger partial charge in [0.2, 0.25) is 0 Å². The van der Waals surface area contributed by atoms with Crippen molar-refractivity contribution in [3.63, 3.8) is 0 Å². The number of benzene rings is 2. The lowest BCUT2D eigenvalue weighted by molar-refractivity contribution is 0.494. The van der Waals surface area contributed by atoms with Crippen molar-refractivity contribution >= 4 is 23.2 Å². The summed E-state index contributed by atoms with van der Waals surface area (Å²) in [5.74, 6) is 4.66. The molecule has 0 aliphatic rings. The molecule has 3 N–H and O–H groups in total. The Bertz CT molecular complexity index is 541. The summed E-state index contributed by atoms with van der Waals surface area (Å²) in [7, 11) is 0. The average molecular weight is 331 g/mol. The van der Waals surface area contributed by atoms with Crippen LogP contribution in [0.5, 0.6) is 0 Å². The van der Waals surface area contributed by atoms with Gasteiger partial charge in [-0.05, 0) is 37.1 Å². The Morgan fingerprint density at radius 2 is 1.33 bits per heavy atom. The molecule has 6 heteroatoms. The molecule has 2 aromatic rings. The molecule has 0 heterocycles. The van der Waals surface area contributed by atoms with E-state index in [2.05, 4.69) is 5.43 Å². The lowest BCUT2D eigenvalue weighted by Crippen LogP contribution is -2.39. The van der Waals surface area contributed by atoms with Crippen LogP contribution in [-0.2, 0) is 12.8 Å². The number of nitrogens with one attached hydrogen (secondary N) is 1. The second-order valence-electron chi connectivity index (χ2n) is 4.67. The van der Waals surface area contributed by atoms with Crippen molar-refractivity contribution < 1.29 is 8.78 Å². The molecule has 0 radical (unpaired) electrons. The van der Waals surface area contributed by atoms with Gasteiger partial charge in [-0.1, -0.05) is 35.3 Å². The molecule has 0 unspecified atom stereocenters. The molecule has 2 rings (SSSR count). The summed E-state index contributed by atoms with van der Waals surface area (Å²) >= 11 is 12.0. The standard InChI is InChI=1S/C15H14Cl2F2N2/c16-12-3-1-5-14(18)10(12)7-9(21-20)8-11-13(17)4-2-6-15(11)19/h1-6,9,21H,7-8,20H2. The number of hydrazine groups is 1. The van der Waals surface area contributed by atoms with E-state index in [1.807, 2.05) is 0 Å². The third-order valence-electron chi connectivity index (χ3n) is 3.26. The smallest absolute Gasteiger partial charge is 0.127 e. The fourth-order valence-corrected chi connectivity index (χ4v) is 2.62. The van der Waals surface area contributed by atoms with E-state index < -0.39 is 17.7 Å². The maximum atomic E-state index is 13.8. The third-order valence-corrected chi connectivity index (χ3v) is 3.97. The van der Waals surface area contributed by atoms with Gasteiger partial charge in [-0.3, -0.25) is 11.3 Å². The Morgan fingerprint density at radius 1 is 0.905 bits per heavy atom. The maximum Gasteiger partial charge on any atom is 0.127 e. The van der Waals surface area contributed by atoms with E-state index in [0.29, 0.717) is 21.2 Å². The van der Waals surface area contributed by atoms with Crippen LogP contribution in [0, 0.1) is 11.6 Å². The largest absolute Gasteiger partial charge is 0.271 e. The first-order valence-corrected chi connectivity index (χ1v) is 7.10. The predicted octanol–water partition coefficient (Wildman–Crippen LogP) is 3.89. The summed E-state index contributed by atoms with van der Waals surface area (Å²) in [6.45, 7) is 0. The topological polar surface area (TPSA) is 38.0 Å². The van der Waals surface area contributed by atoms with Crippen LogP contribution in [0.25, 0.3) is 0 Å². The number of halogens is 4. The molecule has 0 aliphatic heterocycles. The fourth-order valence-electron chi connectivity index (χ4n) is 2.14. The van der Waals surface area contributed by atoms with Crippen molar-refractivity contribution in [2.75, 3.05) is 0 Å². The van der Waals surface area contributed by atoms with E-state index in [4.69, 9.17) is 29.0 Å². The van der Waals surface area contributed by atoms with Crippen LogP contribution in [0.4, 0.5) is 8.78 Å². The molecule has 0 aromatic heterocycles. The second kappa shape index (κ2) is 7.18. The average Bonchev–Trinajstić information content (AvgIpc) is 2.45. The maximum absolute atomic E-state index is 13.8. The van der Waals surface area contributed by atoms with Gasteiger partial charge in [-0.2, -0.15) is 0 Å². The summed E-state index contributed by atoms with van der Waals surface area (Å²) in [5, 5.41) is 0.629. The summed E-state index contributed by atoms with van der Waals surface area (Å²) in [4.78, 5) is 0. The van der Waals surface area contributed by atoms with Crippen LogP contribution >= 0.6 is 23.2 Å². The zero-order valence-electron chi connectivity index (χ0n) is 11.0. The predicted molar refractivity (Wildman–Crippen MR) is 81.3 cm³/mol. The number of rotatable bonds is 5. The highest BCUT2D eigenvalue weighted by atomic mass is 35.5. The molecule has 112 valence electrons. The molecule has 0 bridgehead atoms. The fraction of sp³-hybridized carbons (Fsp3) is 0.200. The van der Waals surface area contributed by atoms with Crippen LogP contribution in [0.1, 0.15) is 11.1 Å². The Labute approximate surface area is 131 Å². The van der Waals surface area contributed by atoms with E-state index in [-0.39, 0.29) is 12.8 Å². The minimum Gasteiger partial charge on any atom is -0.271 e. The quantitative estimate of drug-likeness (QED) is 0.644. The monoisotopic (exact) mass is 330 g/mol. The van der Waals surface area contributed by atoms with Crippen molar-refractivity contribution in [2.24, 2.45) is 5.84 Å². The van der Waals surface area contributed by atoms with Gasteiger partial charge < -0.3 is 0 Å². The lowest BCUT2D eigenvalue weighted by atomic mass is 9.98. The number of hydrogen-bond acceptors (Lipinski definition) is 2. The van der Waals surface area contributed by atoms with Gasteiger partial charge in [-0.25, -0.2) is 8.78 Å². The van der Waals surface area contributed by atoms with Gasteiger partial charge in [0.15, 0.2) is 0 Å². The third kappa shape index (κ3) is 3.92. The number of hydrogen-bond donors (Lipinski definition) is 2. The first-order valence-electron chi connectivity index (χ1n) is 6.34. The van der Waals surface area contributed by atoms with Crippen LogP contribution in [0.2, 0.25) is 10.0 Å². The molecule has 0 amide bonds. The van der Waals surface area contributed by atoms with Gasteiger partial charge in [0.05, 0.1) is 0 Å². The highest BCUT2D eigenvalue weighted by Crippen LogP contribution is 2.24. The second-order valence-corrected chi connectivity index (χ2v) is 5.49. The van der Waals surface area contributed by atoms with E-state index in [0.717, 1.165) is 0 Å². The SMILES string of the molecule is NNC(Cc1c(F)cccc1Cl)Cc1c(F)cccc1Cl. The molecule has 0 saturated heterocycles. The van der Waals surface area contributed by atoms with Crippen molar-refractivity contribution in [1.82, 2.24) is 5.43 Å². The van der Waals surface area contributed by atoms with E-state index in [9.17, 15) is 8.78 Å². The highest BCUT2D eigenvalue weighted by Gasteiger charge is 2.17. The lowest BCUT2D eigenvalue weighted by Gasteiger charge is -2.18. The summed E-state index contributed by atoms with van der Waals surface area (Å²) in [6.07, 6.45) is 0.458. The molecule has 2 nitrogen and oxygen atoms in total. The molecular formula is C15H14Cl2F2N2. The van der Waals surface area contributed by atoms with Gasteiger partial charge in [0, 0.05) is 27.2 Å². The molecule has 0 fully saturated rings. The first-order chi connectivity index (χ1) is 10.0. The zero-order chi connectivity index (χ0) is 15.4. The van der Waals surface area contributed by atoms with Crippen LogP contribution < -0.4 is 11.3 Å². The van der Waals surface area contributed by atoms with Crippen molar-refractivity contribution in [1.29, 1.82) is 0 Å². The molecule has 21 heavy (non-hydrogen) atoms. The van der Waals surface area contributed by atoms with Crippen molar-refractivity contribution in [3.05, 3.63) is 69.2 Å². The van der Waals surface area contributed by atoms with Crippen molar-refractivity contribution in [2.45, 2.75) is 18.9 Å². The van der Waals surface area contributed by atoms with Crippen molar-refractivity contribution in [3.8, 4) is 0 Å². The summed E-state index contributed by atoms with van der Waals surface area (Å²) < 4.78 is 27.6. The van der Waals surface area contributed by atoms with Gasteiger partial charge in [0.1, 0.15) is 11.6 Å². The van der Waals surface area contributed by atoms with Gasteiger partial charge in [-0.15, -0.1) is 0 Å². The molecule has 0 atom stereocenters. The van der Waals surface area contributed by atoms with Gasteiger partial charge in [0.25, 0.3) is 0 Å². The Kier molecular flexibility index (Phi) is 5.53. The Balaban J connectivity index is 2.21. The highest BCUT2D eigenvalue weighted by molar-refractivity contribution is 6.31. The number of nitrogens with two attached hydrogens (primary N) is 1. The van der Waals surface area contributed by atoms with E-state index >= 15 is 0 Å². The Morgan fingerprint density at radius 3 is 1.67 bits per heavy atom. The molecule has 2 aromatic carbocycles. The molecular weight excluding hydrogens is 317 g/mol. The summed E-state index contributed by atoms with van der Waals surface area (Å²) in [6, 6.07) is 8.51. The van der Waals surface area contributed by atoms with Crippen LogP contribution in [0.15, 0.2) is 36.4 Å². The van der Waals surface area contributed by atoms with E-state index in [1.54, 1.807) is 12.1 Å². The molecule has 0 spiro atoms. The first kappa shape index (κ1) is 16.2. The summed E-state index contributed by atoms with van der Waals surface area (Å²) in [5.41, 5.74) is 3.24. The minimum atomic E-state index is -0.414. The minimum absolute atomic E-state index is 0.229. The van der Waals surface area contributed by atoms with Gasteiger partial charge >= 0.3 is 0 Å². The zero-order valence-corrected chi connectivity index (χ0v) is 12.6. The normalized spacial score (nSPS) is 11.1. The molecule has 0 aliphatic carbocycles. The molecule has 0 saturated carbocycles. The van der Waals surface area contributed by atoms with Crippen LogP contribution in [0.3, 0.4) is 0 Å². The van der Waals surface area contributed by atoms with Crippen LogP contribution in [-0.4, -0.2) is 6.04 Å². The Hall–Kier alpha value is -1.20. The van der Waals surface area contributed by atoms with E-state index in [1.165, 1.54) is 24.3 Å².